The number of urea groups is 1. The van der Waals surface area contributed by atoms with Gasteiger partial charge in [-0.05, 0) is 45.5 Å². The molecule has 3 N–H and O–H groups in total. The number of aromatic nitrogens is 2. The standard InChI is InChI=1S/C40H40N4O6S/c1-48-37(46)35(22-27-7-3-2-4-8-27)44-39(47)43-24-29-9-5-10-33(21-29)30-15-17-32(18-16-30)38-49-34(26-51-40-41-19-6-20-42-40)23-36(50-38)31-13-11-28(25-45)12-14-31/h2-21,34-36,38,45H,22-26H2,1H3,(H2,43,44,47)/t34-,35-,36+,38+/m0/s1. The predicted molar refractivity (Wildman–Crippen MR) is 194 cm³/mol. The normalized spacial score (nSPS) is 17.6. The Kier molecular flexibility index (Phi) is 12.4. The molecule has 2 heterocycles. The van der Waals surface area contributed by atoms with E-state index in [0.717, 1.165) is 38.9 Å². The van der Waals surface area contributed by atoms with Gasteiger partial charge in [-0.1, -0.05) is 109 Å². The Balaban J connectivity index is 1.10. The minimum Gasteiger partial charge on any atom is -0.467 e. The van der Waals surface area contributed by atoms with Gasteiger partial charge in [0, 0.05) is 43.1 Å². The molecule has 1 saturated heterocycles. The Morgan fingerprint density at radius 3 is 2.29 bits per heavy atom. The molecule has 1 aliphatic heterocycles. The van der Waals surface area contributed by atoms with Crippen molar-refractivity contribution in [1.29, 1.82) is 0 Å². The Labute approximate surface area is 301 Å². The number of hydrogen-bond donors (Lipinski definition) is 3. The quantitative estimate of drug-likeness (QED) is 0.0709. The van der Waals surface area contributed by atoms with E-state index in [2.05, 4.69) is 20.6 Å². The lowest BCUT2D eigenvalue weighted by Gasteiger charge is -2.36. The highest BCUT2D eigenvalue weighted by Gasteiger charge is 2.32. The number of nitrogens with one attached hydrogen (secondary N) is 2. The molecule has 4 atom stereocenters. The minimum absolute atomic E-state index is 0.0123. The highest BCUT2D eigenvalue weighted by molar-refractivity contribution is 7.99. The van der Waals surface area contributed by atoms with E-state index < -0.39 is 24.3 Å². The van der Waals surface area contributed by atoms with Crippen LogP contribution >= 0.6 is 11.8 Å². The minimum atomic E-state index is -0.812. The third-order valence-corrected chi connectivity index (χ3v) is 9.53. The van der Waals surface area contributed by atoms with Gasteiger partial charge in [0.05, 0.1) is 25.9 Å². The third kappa shape index (κ3) is 10.0. The van der Waals surface area contributed by atoms with Gasteiger partial charge in [0.1, 0.15) is 6.04 Å². The first-order valence-corrected chi connectivity index (χ1v) is 17.7. The van der Waals surface area contributed by atoms with Gasteiger partial charge >= 0.3 is 12.0 Å². The summed E-state index contributed by atoms with van der Waals surface area (Å²) in [6, 6.07) is 33.9. The van der Waals surface area contributed by atoms with Crippen molar-refractivity contribution in [3.05, 3.63) is 149 Å². The van der Waals surface area contributed by atoms with E-state index in [-0.39, 0.29) is 25.4 Å². The van der Waals surface area contributed by atoms with E-state index in [4.69, 9.17) is 14.2 Å². The number of ether oxygens (including phenoxy) is 3. The van der Waals surface area contributed by atoms with E-state index in [1.165, 1.54) is 7.11 Å². The Bertz CT molecular complexity index is 1860. The van der Waals surface area contributed by atoms with Crippen molar-refractivity contribution in [3.8, 4) is 11.1 Å². The molecule has 0 spiro atoms. The maximum atomic E-state index is 12.8. The van der Waals surface area contributed by atoms with Crippen LogP contribution < -0.4 is 10.6 Å². The van der Waals surface area contributed by atoms with Crippen molar-refractivity contribution >= 4 is 23.8 Å². The smallest absolute Gasteiger partial charge is 0.328 e. The monoisotopic (exact) mass is 704 g/mol. The summed E-state index contributed by atoms with van der Waals surface area (Å²) in [4.78, 5) is 33.8. The number of methoxy groups -OCH3 is 1. The fourth-order valence-corrected chi connectivity index (χ4v) is 6.64. The molecule has 1 fully saturated rings. The molecule has 262 valence electrons. The van der Waals surface area contributed by atoms with E-state index in [1.807, 2.05) is 103 Å². The van der Waals surface area contributed by atoms with Crippen molar-refractivity contribution < 1.29 is 28.9 Å². The number of nitrogens with zero attached hydrogens (tertiary/aromatic N) is 2. The highest BCUT2D eigenvalue weighted by Crippen LogP contribution is 2.39. The molecule has 2 amide bonds. The largest absolute Gasteiger partial charge is 0.467 e. The van der Waals surface area contributed by atoms with Crippen molar-refractivity contribution in [2.24, 2.45) is 0 Å². The Morgan fingerprint density at radius 1 is 0.843 bits per heavy atom. The number of thioether (sulfide) groups is 1. The van der Waals surface area contributed by atoms with Crippen molar-refractivity contribution in [2.75, 3.05) is 12.9 Å². The molecule has 6 rings (SSSR count). The molecular weight excluding hydrogens is 665 g/mol. The van der Waals surface area contributed by atoms with Gasteiger partial charge in [-0.25, -0.2) is 19.6 Å². The van der Waals surface area contributed by atoms with Crippen LogP contribution in [0.4, 0.5) is 4.79 Å². The van der Waals surface area contributed by atoms with Crippen LogP contribution in [0.15, 0.2) is 127 Å². The molecule has 0 radical (unpaired) electrons. The average Bonchev–Trinajstić information content (AvgIpc) is 3.19. The first kappa shape index (κ1) is 35.7. The molecule has 1 aromatic heterocycles. The molecule has 0 unspecified atom stereocenters. The van der Waals surface area contributed by atoms with Crippen molar-refractivity contribution in [3.63, 3.8) is 0 Å². The summed E-state index contributed by atoms with van der Waals surface area (Å²) in [6.45, 7) is 0.260. The maximum absolute atomic E-state index is 12.8. The van der Waals surface area contributed by atoms with Crippen LogP contribution in [-0.2, 0) is 38.6 Å². The van der Waals surface area contributed by atoms with Crippen LogP contribution in [0, 0.1) is 0 Å². The lowest BCUT2D eigenvalue weighted by Crippen LogP contribution is -2.47. The molecule has 10 nitrogen and oxygen atoms in total. The summed E-state index contributed by atoms with van der Waals surface area (Å²) in [5.41, 5.74) is 6.58. The fraction of sp³-hybridized carbons (Fsp3) is 0.250. The lowest BCUT2D eigenvalue weighted by molar-refractivity contribution is -0.245. The van der Waals surface area contributed by atoms with E-state index in [0.29, 0.717) is 23.8 Å². The van der Waals surface area contributed by atoms with Gasteiger partial charge in [0.15, 0.2) is 11.4 Å². The van der Waals surface area contributed by atoms with E-state index in [1.54, 1.807) is 30.2 Å². The van der Waals surface area contributed by atoms with Crippen LogP contribution in [0.3, 0.4) is 0 Å². The van der Waals surface area contributed by atoms with Crippen LogP contribution in [-0.4, -0.2) is 52.1 Å². The van der Waals surface area contributed by atoms with Crippen molar-refractivity contribution in [1.82, 2.24) is 20.6 Å². The molecule has 0 aliphatic carbocycles. The molecule has 0 saturated carbocycles. The second-order valence-electron chi connectivity index (χ2n) is 12.1. The number of hydrogen-bond acceptors (Lipinski definition) is 9. The molecule has 11 heteroatoms. The number of aliphatic hydroxyl groups is 1. The average molecular weight is 705 g/mol. The Morgan fingerprint density at radius 2 is 1.57 bits per heavy atom. The highest BCUT2D eigenvalue weighted by atomic mass is 32.2. The van der Waals surface area contributed by atoms with Crippen LogP contribution in [0.25, 0.3) is 11.1 Å². The summed E-state index contributed by atoms with van der Waals surface area (Å²) < 4.78 is 17.9. The second-order valence-corrected chi connectivity index (χ2v) is 13.1. The second kappa shape index (κ2) is 17.7. The van der Waals surface area contributed by atoms with Gasteiger partial charge in [0.25, 0.3) is 0 Å². The number of carbonyl (C=O) groups is 2. The molecule has 0 bridgehead atoms. The summed E-state index contributed by atoms with van der Waals surface area (Å²) in [5, 5.41) is 15.8. The zero-order chi connectivity index (χ0) is 35.4. The van der Waals surface area contributed by atoms with Crippen LogP contribution in [0.1, 0.15) is 46.6 Å². The van der Waals surface area contributed by atoms with Crippen LogP contribution in [0.2, 0.25) is 0 Å². The summed E-state index contributed by atoms with van der Waals surface area (Å²) in [6.07, 6.45) is 3.57. The summed E-state index contributed by atoms with van der Waals surface area (Å²) in [7, 11) is 1.31. The van der Waals surface area contributed by atoms with Crippen LogP contribution in [0.5, 0.6) is 0 Å². The summed E-state index contributed by atoms with van der Waals surface area (Å²) in [5.74, 6) is 0.162. The third-order valence-electron chi connectivity index (χ3n) is 8.53. The SMILES string of the molecule is COC(=O)[C@H](Cc1ccccc1)NC(=O)NCc1cccc(-c2ccc([C@@H]3O[C@H](CSc4ncccn4)C[C@H](c4ccc(CO)cc4)O3)cc2)c1. The first-order chi connectivity index (χ1) is 25.0. The van der Waals surface area contributed by atoms with Crippen molar-refractivity contribution in [2.45, 2.75) is 55.7 Å². The van der Waals surface area contributed by atoms with E-state index in [9.17, 15) is 14.7 Å². The maximum Gasteiger partial charge on any atom is 0.328 e. The van der Waals surface area contributed by atoms with Gasteiger partial charge in [-0.15, -0.1) is 0 Å². The zero-order valence-electron chi connectivity index (χ0n) is 28.2. The molecule has 4 aromatic carbocycles. The molecule has 5 aromatic rings. The zero-order valence-corrected chi connectivity index (χ0v) is 29.0. The topological polar surface area (TPSA) is 132 Å². The number of aliphatic hydroxyl groups excluding tert-OH is 1. The fourth-order valence-electron chi connectivity index (χ4n) is 5.82. The summed E-state index contributed by atoms with van der Waals surface area (Å²) >= 11 is 1.55. The molecule has 1 aliphatic rings. The Hall–Kier alpha value is -5.07. The molecular formula is C40H40N4O6S. The van der Waals surface area contributed by atoms with Gasteiger partial charge < -0.3 is 30.0 Å². The first-order valence-electron chi connectivity index (χ1n) is 16.7. The lowest BCUT2D eigenvalue weighted by atomic mass is 9.99. The predicted octanol–water partition coefficient (Wildman–Crippen LogP) is 6.56. The van der Waals surface area contributed by atoms with Gasteiger partial charge in [0.2, 0.25) is 0 Å². The molecule has 51 heavy (non-hydrogen) atoms. The number of rotatable bonds is 13. The van der Waals surface area contributed by atoms with E-state index >= 15 is 0 Å². The number of carbonyl (C=O) groups excluding carboxylic acids is 2. The number of benzene rings is 4. The number of esters is 1. The van der Waals surface area contributed by atoms with Gasteiger partial charge in [-0.2, -0.15) is 0 Å². The van der Waals surface area contributed by atoms with Gasteiger partial charge in [-0.3, -0.25) is 0 Å². The number of amides is 2.